The van der Waals surface area contributed by atoms with E-state index in [0.29, 0.717) is 19.0 Å². The summed E-state index contributed by atoms with van der Waals surface area (Å²) >= 11 is 0. The quantitative estimate of drug-likeness (QED) is 0.877. The molecule has 1 atom stereocenters. The Labute approximate surface area is 144 Å². The Balaban J connectivity index is 1.63. The lowest BCUT2D eigenvalue weighted by atomic mass is 10.0. The third-order valence-electron chi connectivity index (χ3n) is 4.56. The van der Waals surface area contributed by atoms with E-state index in [9.17, 15) is 14.3 Å². The molecule has 2 aromatic heterocycles. The van der Waals surface area contributed by atoms with E-state index in [4.69, 9.17) is 4.74 Å². The normalized spacial score (nSPS) is 17.4. The maximum atomic E-state index is 14.0. The number of aromatic amines is 1. The SMILES string of the molecule is Cc1nccnc1OC1CCN(C(C)c2[nH]c(=O)c(O)cc2F)CC1. The van der Waals surface area contributed by atoms with Gasteiger partial charge >= 0.3 is 0 Å². The second kappa shape index (κ2) is 7.18. The number of piperidine rings is 1. The maximum Gasteiger partial charge on any atom is 0.290 e. The van der Waals surface area contributed by atoms with Crippen molar-refractivity contribution in [2.45, 2.75) is 38.8 Å². The molecule has 0 radical (unpaired) electrons. The molecule has 0 amide bonds. The summed E-state index contributed by atoms with van der Waals surface area (Å²) in [7, 11) is 0. The molecule has 8 heteroatoms. The van der Waals surface area contributed by atoms with Gasteiger partial charge < -0.3 is 14.8 Å². The smallest absolute Gasteiger partial charge is 0.290 e. The highest BCUT2D eigenvalue weighted by molar-refractivity contribution is 5.22. The van der Waals surface area contributed by atoms with Crippen molar-refractivity contribution >= 4 is 0 Å². The highest BCUT2D eigenvalue weighted by Crippen LogP contribution is 2.26. The van der Waals surface area contributed by atoms with Crippen LogP contribution in [0.5, 0.6) is 11.6 Å². The molecule has 2 N–H and O–H groups in total. The minimum absolute atomic E-state index is 0.0302. The maximum absolute atomic E-state index is 14.0. The molecule has 3 heterocycles. The molecule has 1 unspecified atom stereocenters. The molecule has 0 saturated carbocycles. The molecular weight excluding hydrogens is 327 g/mol. The first kappa shape index (κ1) is 17.3. The molecule has 134 valence electrons. The average Bonchev–Trinajstić information content (AvgIpc) is 2.60. The van der Waals surface area contributed by atoms with Crippen molar-refractivity contribution in [2.24, 2.45) is 0 Å². The van der Waals surface area contributed by atoms with Crippen molar-refractivity contribution < 1.29 is 14.2 Å². The first-order chi connectivity index (χ1) is 12.0. The fraction of sp³-hybridized carbons (Fsp3) is 0.471. The van der Waals surface area contributed by atoms with E-state index in [-0.39, 0.29) is 17.8 Å². The Hall–Kier alpha value is -2.48. The number of hydrogen-bond donors (Lipinski definition) is 2. The lowest BCUT2D eigenvalue weighted by Crippen LogP contribution is -2.40. The summed E-state index contributed by atoms with van der Waals surface area (Å²) in [5, 5.41) is 9.29. The topological polar surface area (TPSA) is 91.3 Å². The van der Waals surface area contributed by atoms with Crippen molar-refractivity contribution in [1.29, 1.82) is 0 Å². The molecule has 3 rings (SSSR count). The van der Waals surface area contributed by atoms with Crippen molar-refractivity contribution in [1.82, 2.24) is 19.9 Å². The Bertz CT molecular complexity index is 803. The summed E-state index contributed by atoms with van der Waals surface area (Å²) in [4.78, 5) is 24.4. The number of aryl methyl sites for hydroxylation is 1. The lowest BCUT2D eigenvalue weighted by Gasteiger charge is -2.35. The highest BCUT2D eigenvalue weighted by Gasteiger charge is 2.27. The van der Waals surface area contributed by atoms with Gasteiger partial charge in [-0.05, 0) is 26.7 Å². The van der Waals surface area contributed by atoms with Crippen LogP contribution in [-0.2, 0) is 0 Å². The molecule has 1 aliphatic heterocycles. The van der Waals surface area contributed by atoms with Crippen molar-refractivity contribution in [2.75, 3.05) is 13.1 Å². The molecule has 25 heavy (non-hydrogen) atoms. The molecule has 2 aromatic rings. The number of aromatic hydroxyl groups is 1. The van der Waals surface area contributed by atoms with Gasteiger partial charge in [0, 0.05) is 31.5 Å². The Kier molecular flexibility index (Phi) is 4.98. The first-order valence-electron chi connectivity index (χ1n) is 8.25. The first-order valence-corrected chi connectivity index (χ1v) is 8.25. The predicted octanol–water partition coefficient (Wildman–Crippen LogP) is 1.92. The molecule has 7 nitrogen and oxygen atoms in total. The van der Waals surface area contributed by atoms with E-state index in [1.54, 1.807) is 12.4 Å². The minimum atomic E-state index is -0.681. The number of pyridine rings is 1. The van der Waals surface area contributed by atoms with Crippen LogP contribution in [0.3, 0.4) is 0 Å². The van der Waals surface area contributed by atoms with Gasteiger partial charge in [0.2, 0.25) is 5.88 Å². The summed E-state index contributed by atoms with van der Waals surface area (Å²) in [5.74, 6) is -0.680. The summed E-state index contributed by atoms with van der Waals surface area (Å²) in [6, 6.07) is 0.560. The van der Waals surface area contributed by atoms with E-state index < -0.39 is 17.1 Å². The zero-order chi connectivity index (χ0) is 18.0. The second-order valence-electron chi connectivity index (χ2n) is 6.22. The number of nitrogens with one attached hydrogen (secondary N) is 1. The standard InChI is InChI=1S/C17H21FN4O3/c1-10-17(20-6-5-19-10)25-12-3-7-22(8-4-12)11(2)15-13(18)9-14(23)16(24)21-15/h5-6,9,11-12,23H,3-4,7-8H2,1-2H3,(H,21,24). The summed E-state index contributed by atoms with van der Waals surface area (Å²) < 4.78 is 20.0. The van der Waals surface area contributed by atoms with Gasteiger partial charge in [-0.15, -0.1) is 0 Å². The molecule has 1 aliphatic rings. The zero-order valence-corrected chi connectivity index (χ0v) is 14.2. The van der Waals surface area contributed by atoms with Crippen LogP contribution >= 0.6 is 0 Å². The van der Waals surface area contributed by atoms with Crippen molar-refractivity contribution in [3.05, 3.63) is 46.0 Å². The van der Waals surface area contributed by atoms with E-state index in [0.717, 1.165) is 24.6 Å². The number of rotatable bonds is 4. The van der Waals surface area contributed by atoms with Gasteiger partial charge in [0.15, 0.2) is 5.75 Å². The highest BCUT2D eigenvalue weighted by atomic mass is 19.1. The largest absolute Gasteiger partial charge is 0.503 e. The molecule has 0 aromatic carbocycles. The number of halogens is 1. The number of hydrogen-bond acceptors (Lipinski definition) is 6. The van der Waals surface area contributed by atoms with Crippen molar-refractivity contribution in [3.63, 3.8) is 0 Å². The fourth-order valence-electron chi connectivity index (χ4n) is 3.05. The zero-order valence-electron chi connectivity index (χ0n) is 14.2. The molecule has 0 bridgehead atoms. The van der Waals surface area contributed by atoms with Crippen molar-refractivity contribution in [3.8, 4) is 11.6 Å². The molecule has 0 aliphatic carbocycles. The third-order valence-corrected chi connectivity index (χ3v) is 4.56. The van der Waals surface area contributed by atoms with E-state index in [2.05, 4.69) is 19.9 Å². The molecular formula is C17H21FN4O3. The summed E-state index contributed by atoms with van der Waals surface area (Å²) in [6.07, 6.45) is 4.79. The number of nitrogens with zero attached hydrogens (tertiary/aromatic N) is 3. The second-order valence-corrected chi connectivity index (χ2v) is 6.22. The number of aromatic nitrogens is 3. The molecule has 0 spiro atoms. The number of likely N-dealkylation sites (tertiary alicyclic amines) is 1. The predicted molar refractivity (Wildman–Crippen MR) is 89.1 cm³/mol. The monoisotopic (exact) mass is 348 g/mol. The van der Waals surface area contributed by atoms with Gasteiger partial charge in [0.05, 0.1) is 17.4 Å². The lowest BCUT2D eigenvalue weighted by molar-refractivity contribution is 0.0739. The number of H-pyrrole nitrogens is 1. The van der Waals surface area contributed by atoms with Crippen LogP contribution in [0.4, 0.5) is 4.39 Å². The average molecular weight is 348 g/mol. The van der Waals surface area contributed by atoms with Crippen LogP contribution in [0.15, 0.2) is 23.3 Å². The molecule has 1 fully saturated rings. The van der Waals surface area contributed by atoms with Gasteiger partial charge in [-0.3, -0.25) is 14.7 Å². The van der Waals surface area contributed by atoms with Gasteiger partial charge in [-0.25, -0.2) is 9.37 Å². The van der Waals surface area contributed by atoms with Crippen LogP contribution in [0.2, 0.25) is 0 Å². The summed E-state index contributed by atoms with van der Waals surface area (Å²) in [5.41, 5.74) is 0.258. The van der Waals surface area contributed by atoms with Crippen LogP contribution in [0, 0.1) is 12.7 Å². The van der Waals surface area contributed by atoms with E-state index >= 15 is 0 Å². The summed E-state index contributed by atoms with van der Waals surface area (Å²) in [6.45, 7) is 5.09. The third kappa shape index (κ3) is 3.79. The Morgan fingerprint density at radius 2 is 2.04 bits per heavy atom. The fourth-order valence-corrected chi connectivity index (χ4v) is 3.05. The van der Waals surface area contributed by atoms with Crippen LogP contribution in [-0.4, -0.2) is 44.2 Å². The Morgan fingerprint density at radius 1 is 1.36 bits per heavy atom. The minimum Gasteiger partial charge on any atom is -0.503 e. The van der Waals surface area contributed by atoms with Crippen LogP contribution in [0.1, 0.15) is 37.2 Å². The number of ether oxygens (including phenoxy) is 1. The Morgan fingerprint density at radius 3 is 2.72 bits per heavy atom. The van der Waals surface area contributed by atoms with Crippen LogP contribution in [0.25, 0.3) is 0 Å². The molecule has 1 saturated heterocycles. The van der Waals surface area contributed by atoms with Crippen LogP contribution < -0.4 is 10.3 Å². The van der Waals surface area contributed by atoms with Gasteiger partial charge in [0.25, 0.3) is 5.56 Å². The van der Waals surface area contributed by atoms with Gasteiger partial charge in [-0.2, -0.15) is 0 Å². The van der Waals surface area contributed by atoms with E-state index in [1.165, 1.54) is 0 Å². The van der Waals surface area contributed by atoms with E-state index in [1.807, 2.05) is 13.8 Å². The van der Waals surface area contributed by atoms with Gasteiger partial charge in [0.1, 0.15) is 11.9 Å². The van der Waals surface area contributed by atoms with Gasteiger partial charge in [-0.1, -0.05) is 0 Å².